The fraction of sp³-hybridized carbons (Fsp3) is 0.542. The second-order valence-corrected chi connectivity index (χ2v) is 10.6. The molecule has 36 heavy (non-hydrogen) atoms. The molecule has 0 spiro atoms. The number of sulfonamides is 1. The van der Waals surface area contributed by atoms with Crippen molar-refractivity contribution in [2.45, 2.75) is 33.1 Å². The summed E-state index contributed by atoms with van der Waals surface area (Å²) >= 11 is 0. The number of aromatic amines is 1. The first kappa shape index (κ1) is 26.1. The molecule has 1 aliphatic rings. The Hall–Kier alpha value is -2.96. The molecule has 0 amide bonds. The van der Waals surface area contributed by atoms with Gasteiger partial charge in [-0.1, -0.05) is 13.3 Å². The minimum atomic E-state index is -3.57. The highest BCUT2D eigenvalue weighted by molar-refractivity contribution is 7.92. The van der Waals surface area contributed by atoms with Gasteiger partial charge in [-0.05, 0) is 44.5 Å². The van der Waals surface area contributed by atoms with Crippen LogP contribution in [0.3, 0.4) is 0 Å². The van der Waals surface area contributed by atoms with Gasteiger partial charge in [0.25, 0.3) is 5.56 Å². The van der Waals surface area contributed by atoms with Crippen LogP contribution in [0.5, 0.6) is 5.75 Å². The maximum Gasteiger partial charge on any atom is 0.277 e. The largest absolute Gasteiger partial charge is 0.493 e. The van der Waals surface area contributed by atoms with E-state index in [-0.39, 0.29) is 11.3 Å². The van der Waals surface area contributed by atoms with Gasteiger partial charge in [0, 0.05) is 25.8 Å². The number of fused-ring (bicyclic) bond motifs is 1. The number of aromatic nitrogens is 4. The number of hydrogen-bond donors (Lipinski definition) is 2. The third kappa shape index (κ3) is 6.05. The Morgan fingerprint density at radius 2 is 2.00 bits per heavy atom. The van der Waals surface area contributed by atoms with Gasteiger partial charge in [0.05, 0.1) is 36.8 Å². The Labute approximate surface area is 210 Å². The van der Waals surface area contributed by atoms with Crippen molar-refractivity contribution in [2.24, 2.45) is 7.05 Å². The molecule has 11 nitrogen and oxygen atoms in total. The molecule has 12 heteroatoms. The number of benzene rings is 1. The summed E-state index contributed by atoms with van der Waals surface area (Å²) in [6, 6.07) is 4.98. The van der Waals surface area contributed by atoms with E-state index in [9.17, 15) is 13.2 Å². The summed E-state index contributed by atoms with van der Waals surface area (Å²) in [5.74, 6) is 0.801. The van der Waals surface area contributed by atoms with Crippen LogP contribution in [-0.4, -0.2) is 78.3 Å². The maximum absolute atomic E-state index is 12.9. The summed E-state index contributed by atoms with van der Waals surface area (Å²) in [6.45, 7) is 8.01. The number of nitrogens with one attached hydrogen (secondary N) is 2. The SMILES string of the molecule is CCCc1nn(C)c2c(=O)[nH]c(-c3cc(NS(=O)(=O)CCCN4CCOCC4)ccc3OCC)nc12. The topological polar surface area (TPSA) is 131 Å². The summed E-state index contributed by atoms with van der Waals surface area (Å²) in [5.41, 5.74) is 2.24. The van der Waals surface area contributed by atoms with Crippen LogP contribution in [0.15, 0.2) is 23.0 Å². The first-order valence-corrected chi connectivity index (χ1v) is 14.0. The third-order valence-corrected chi connectivity index (χ3v) is 7.42. The molecule has 0 radical (unpaired) electrons. The van der Waals surface area contributed by atoms with E-state index in [0.717, 1.165) is 25.2 Å². The summed E-state index contributed by atoms with van der Waals surface area (Å²) in [4.78, 5) is 22.7. The normalized spacial score (nSPS) is 14.9. The molecule has 0 bridgehead atoms. The van der Waals surface area contributed by atoms with Crippen LogP contribution in [0.2, 0.25) is 0 Å². The molecule has 0 saturated carbocycles. The van der Waals surface area contributed by atoms with E-state index in [4.69, 9.17) is 14.5 Å². The Morgan fingerprint density at radius 1 is 1.22 bits per heavy atom. The predicted molar refractivity (Wildman–Crippen MR) is 139 cm³/mol. The number of nitrogens with zero attached hydrogens (tertiary/aromatic N) is 4. The third-order valence-electron chi connectivity index (χ3n) is 6.05. The lowest BCUT2D eigenvalue weighted by Gasteiger charge is -2.26. The summed E-state index contributed by atoms with van der Waals surface area (Å²) < 4.78 is 40.9. The van der Waals surface area contributed by atoms with Gasteiger partial charge in [0.15, 0.2) is 5.52 Å². The number of hydrogen-bond acceptors (Lipinski definition) is 8. The summed E-state index contributed by atoms with van der Waals surface area (Å²) in [7, 11) is -1.85. The lowest BCUT2D eigenvalue weighted by Crippen LogP contribution is -2.37. The quantitative estimate of drug-likeness (QED) is 0.395. The molecule has 0 atom stereocenters. The van der Waals surface area contributed by atoms with Crippen molar-refractivity contribution in [2.75, 3.05) is 49.9 Å². The van der Waals surface area contributed by atoms with Gasteiger partial charge in [-0.3, -0.25) is 19.1 Å². The first-order valence-electron chi connectivity index (χ1n) is 12.3. The van der Waals surface area contributed by atoms with Crippen molar-refractivity contribution in [3.05, 3.63) is 34.2 Å². The lowest BCUT2D eigenvalue weighted by atomic mass is 10.1. The molecule has 3 heterocycles. The fourth-order valence-corrected chi connectivity index (χ4v) is 5.47. The molecule has 3 aromatic rings. The van der Waals surface area contributed by atoms with Gasteiger partial charge in [0.1, 0.15) is 17.1 Å². The minimum Gasteiger partial charge on any atom is -0.493 e. The number of ether oxygens (including phenoxy) is 2. The Kier molecular flexibility index (Phi) is 8.27. The standard InChI is InChI=1S/C24H34N6O5S/c1-4-7-19-21-22(29(3)27-19)24(31)26-23(25-21)18-16-17(8-9-20(18)35-5-2)28-36(32,33)15-6-10-30-11-13-34-14-12-30/h8-9,16,28H,4-7,10-15H2,1-3H3,(H,25,26,31). The first-order chi connectivity index (χ1) is 17.3. The summed E-state index contributed by atoms with van der Waals surface area (Å²) in [6.07, 6.45) is 2.07. The van der Waals surface area contributed by atoms with Crippen molar-refractivity contribution >= 4 is 26.7 Å². The highest BCUT2D eigenvalue weighted by atomic mass is 32.2. The van der Waals surface area contributed by atoms with Gasteiger partial charge in [-0.25, -0.2) is 13.4 Å². The van der Waals surface area contributed by atoms with E-state index in [0.29, 0.717) is 73.1 Å². The Balaban J connectivity index is 1.60. The smallest absolute Gasteiger partial charge is 0.277 e. The molecule has 2 N–H and O–H groups in total. The predicted octanol–water partition coefficient (Wildman–Crippen LogP) is 2.14. The van der Waals surface area contributed by atoms with E-state index >= 15 is 0 Å². The van der Waals surface area contributed by atoms with Gasteiger partial charge >= 0.3 is 0 Å². The van der Waals surface area contributed by atoms with Crippen LogP contribution in [0, 0.1) is 0 Å². The van der Waals surface area contributed by atoms with Gasteiger partial charge in [0.2, 0.25) is 10.0 Å². The van der Waals surface area contributed by atoms with E-state index in [1.807, 2.05) is 13.8 Å². The molecule has 1 fully saturated rings. The van der Waals surface area contributed by atoms with E-state index in [1.165, 1.54) is 0 Å². The van der Waals surface area contributed by atoms with Crippen molar-refractivity contribution in [1.82, 2.24) is 24.6 Å². The van der Waals surface area contributed by atoms with Gasteiger partial charge in [-0.2, -0.15) is 5.10 Å². The molecule has 1 aromatic carbocycles. The zero-order valence-electron chi connectivity index (χ0n) is 21.0. The van der Waals surface area contributed by atoms with Crippen molar-refractivity contribution in [3.63, 3.8) is 0 Å². The minimum absolute atomic E-state index is 0.00397. The van der Waals surface area contributed by atoms with E-state index in [1.54, 1.807) is 29.9 Å². The van der Waals surface area contributed by atoms with Gasteiger partial charge in [-0.15, -0.1) is 0 Å². The molecule has 0 aliphatic carbocycles. The van der Waals surface area contributed by atoms with Crippen LogP contribution in [0.25, 0.3) is 22.4 Å². The maximum atomic E-state index is 12.9. The number of H-pyrrole nitrogens is 1. The Bertz CT molecular complexity index is 1360. The number of anilines is 1. The highest BCUT2D eigenvalue weighted by Crippen LogP contribution is 2.32. The van der Waals surface area contributed by atoms with Crippen LogP contribution in [0.4, 0.5) is 5.69 Å². The molecular weight excluding hydrogens is 484 g/mol. The molecular formula is C24H34N6O5S. The number of aryl methyl sites for hydroxylation is 2. The Morgan fingerprint density at radius 3 is 2.72 bits per heavy atom. The van der Waals surface area contributed by atoms with Crippen molar-refractivity contribution in [3.8, 4) is 17.1 Å². The highest BCUT2D eigenvalue weighted by Gasteiger charge is 2.19. The lowest BCUT2D eigenvalue weighted by molar-refractivity contribution is 0.0381. The van der Waals surface area contributed by atoms with Crippen molar-refractivity contribution in [1.29, 1.82) is 0 Å². The van der Waals surface area contributed by atoms with Crippen LogP contribution < -0.4 is 15.0 Å². The van der Waals surface area contributed by atoms with E-state index in [2.05, 4.69) is 19.7 Å². The van der Waals surface area contributed by atoms with Crippen LogP contribution in [-0.2, 0) is 28.2 Å². The van der Waals surface area contributed by atoms with E-state index < -0.39 is 10.0 Å². The molecule has 4 rings (SSSR count). The second kappa shape index (κ2) is 11.4. The second-order valence-electron chi connectivity index (χ2n) is 8.80. The summed E-state index contributed by atoms with van der Waals surface area (Å²) in [5, 5.41) is 4.46. The molecule has 0 unspecified atom stereocenters. The molecule has 1 aliphatic heterocycles. The zero-order chi connectivity index (χ0) is 25.7. The molecule has 2 aromatic heterocycles. The number of rotatable bonds is 11. The van der Waals surface area contributed by atoms with Crippen LogP contribution in [0.1, 0.15) is 32.4 Å². The average Bonchev–Trinajstić information content (AvgIpc) is 3.16. The fourth-order valence-electron chi connectivity index (χ4n) is 4.37. The molecule has 1 saturated heterocycles. The monoisotopic (exact) mass is 518 g/mol. The number of morpholine rings is 1. The average molecular weight is 519 g/mol. The van der Waals surface area contributed by atoms with Gasteiger partial charge < -0.3 is 14.5 Å². The zero-order valence-corrected chi connectivity index (χ0v) is 21.9. The van der Waals surface area contributed by atoms with Crippen molar-refractivity contribution < 1.29 is 17.9 Å². The molecule has 196 valence electrons. The van der Waals surface area contributed by atoms with Crippen LogP contribution >= 0.6 is 0 Å².